The Hall–Kier alpha value is -6.37. The average Bonchev–Trinajstić information content (AvgIpc) is 3.22. The van der Waals surface area contributed by atoms with Gasteiger partial charge < -0.3 is 71.4 Å². The Bertz CT molecular complexity index is 1620. The zero-order valence-corrected chi connectivity index (χ0v) is 36.8. The van der Waals surface area contributed by atoms with Crippen molar-refractivity contribution in [1.82, 2.24) is 37.2 Å². The van der Waals surface area contributed by atoms with E-state index in [1.165, 1.54) is 20.1 Å². The maximum Gasteiger partial charge on any atom is 0.407 e. The first-order valence-corrected chi connectivity index (χ1v) is 19.5. The molecule has 0 bridgehead atoms. The molecule has 0 aliphatic rings. The molecule has 63 heavy (non-hydrogen) atoms. The second kappa shape index (κ2) is 29.8. The van der Waals surface area contributed by atoms with Gasteiger partial charge in [0.05, 0.1) is 53.4 Å². The zero-order valence-electron chi connectivity index (χ0n) is 36.8. The maximum atomic E-state index is 13.2. The van der Waals surface area contributed by atoms with E-state index in [0.717, 1.165) is 21.3 Å². The minimum atomic E-state index is -1.68. The topological polar surface area (TPSA) is 353 Å². The number of carbonyl (C=O) groups excluding carboxylic acids is 11. The van der Waals surface area contributed by atoms with E-state index < -0.39 is 133 Å². The molecule has 0 spiro atoms. The first kappa shape index (κ1) is 56.6. The summed E-state index contributed by atoms with van der Waals surface area (Å²) in [6.45, 7) is 8.39. The predicted octanol–water partition coefficient (Wildman–Crippen LogP) is -3.37. The summed E-state index contributed by atoms with van der Waals surface area (Å²) < 4.78 is 28.9. The molecular formula is C38H62N8O17. The summed E-state index contributed by atoms with van der Waals surface area (Å²) in [4.78, 5) is 139. The molecule has 0 aliphatic heterocycles. The highest BCUT2D eigenvalue weighted by atomic mass is 16.6. The molecule has 0 radical (unpaired) electrons. The number of carbonyl (C=O) groups is 11. The number of ether oxygens (including phenoxy) is 6. The van der Waals surface area contributed by atoms with Gasteiger partial charge in [0.1, 0.15) is 42.4 Å². The third-order valence-corrected chi connectivity index (χ3v) is 8.13. The van der Waals surface area contributed by atoms with E-state index in [1.54, 1.807) is 20.8 Å². The number of nitrogens with two attached hydrogens (primary N) is 1. The summed E-state index contributed by atoms with van der Waals surface area (Å²) in [7, 11) is 4.41. The summed E-state index contributed by atoms with van der Waals surface area (Å²) in [5.74, 6) is -9.29. The van der Waals surface area contributed by atoms with Crippen LogP contribution in [0.4, 0.5) is 4.79 Å². The van der Waals surface area contributed by atoms with Crippen LogP contribution in [0.5, 0.6) is 0 Å². The Morgan fingerprint density at radius 3 is 1.73 bits per heavy atom. The Labute approximate surface area is 364 Å². The minimum Gasteiger partial charge on any atom is -0.469 e. The van der Waals surface area contributed by atoms with Gasteiger partial charge in [0.15, 0.2) is 0 Å². The molecule has 25 nitrogen and oxygen atoms in total. The molecule has 0 saturated carbocycles. The SMILES string of the molecule is C=CCOC(=O)C(CCC(=O)OC)NC(=O)C(COC)NC(=O)CNC(=O)C(CC(=O)OC)NC(=O)C(C)NC(=O)C(CC(=O)OC)NC(=O)C(N)CCCNC(=O)OC(C)(C)C. The van der Waals surface area contributed by atoms with Crippen LogP contribution in [0.1, 0.15) is 66.2 Å². The number of rotatable bonds is 28. The molecular weight excluding hydrogens is 840 g/mol. The normalized spacial score (nSPS) is 13.6. The number of alkyl carbamates (subject to hydrolysis) is 1. The van der Waals surface area contributed by atoms with E-state index in [1.807, 2.05) is 0 Å². The van der Waals surface area contributed by atoms with E-state index in [-0.39, 0.29) is 38.8 Å². The molecule has 6 unspecified atom stereocenters. The van der Waals surface area contributed by atoms with Crippen LogP contribution >= 0.6 is 0 Å². The largest absolute Gasteiger partial charge is 0.469 e. The van der Waals surface area contributed by atoms with Crippen molar-refractivity contribution in [2.75, 3.05) is 54.7 Å². The van der Waals surface area contributed by atoms with Crippen molar-refractivity contribution in [3.63, 3.8) is 0 Å². The van der Waals surface area contributed by atoms with Crippen molar-refractivity contribution in [3.8, 4) is 0 Å². The Kier molecular flexibility index (Phi) is 26.8. The van der Waals surface area contributed by atoms with Crippen molar-refractivity contribution in [3.05, 3.63) is 12.7 Å². The smallest absolute Gasteiger partial charge is 0.407 e. The molecule has 0 heterocycles. The molecule has 0 aliphatic carbocycles. The summed E-state index contributed by atoms with van der Waals surface area (Å²) in [6, 6.07) is -8.68. The van der Waals surface area contributed by atoms with Gasteiger partial charge in [-0.1, -0.05) is 12.7 Å². The summed E-state index contributed by atoms with van der Waals surface area (Å²) in [5, 5.41) is 16.3. The van der Waals surface area contributed by atoms with E-state index in [9.17, 15) is 52.7 Å². The van der Waals surface area contributed by atoms with Crippen LogP contribution in [0.25, 0.3) is 0 Å². The highest BCUT2D eigenvalue weighted by Gasteiger charge is 2.32. The first-order chi connectivity index (χ1) is 29.5. The van der Waals surface area contributed by atoms with Crippen molar-refractivity contribution in [2.24, 2.45) is 5.73 Å². The number of methoxy groups -OCH3 is 4. The second-order valence-electron chi connectivity index (χ2n) is 14.5. The monoisotopic (exact) mass is 902 g/mol. The zero-order chi connectivity index (χ0) is 48.3. The van der Waals surface area contributed by atoms with Gasteiger partial charge in [-0.05, 0) is 47.0 Å². The predicted molar refractivity (Wildman–Crippen MR) is 217 cm³/mol. The summed E-state index contributed by atoms with van der Waals surface area (Å²) in [5.41, 5.74) is 5.25. The summed E-state index contributed by atoms with van der Waals surface area (Å²) >= 11 is 0. The third-order valence-electron chi connectivity index (χ3n) is 8.13. The van der Waals surface area contributed by atoms with Crippen LogP contribution in [0.3, 0.4) is 0 Å². The fraction of sp³-hybridized carbons (Fsp3) is 0.658. The van der Waals surface area contributed by atoms with Crippen LogP contribution in [-0.4, -0.2) is 162 Å². The van der Waals surface area contributed by atoms with Crippen molar-refractivity contribution in [2.45, 2.75) is 108 Å². The van der Waals surface area contributed by atoms with Crippen molar-refractivity contribution in [1.29, 1.82) is 0 Å². The Morgan fingerprint density at radius 2 is 1.19 bits per heavy atom. The second-order valence-corrected chi connectivity index (χ2v) is 14.5. The van der Waals surface area contributed by atoms with Crippen LogP contribution in [-0.2, 0) is 76.4 Å². The maximum absolute atomic E-state index is 13.2. The first-order valence-electron chi connectivity index (χ1n) is 19.5. The number of esters is 4. The van der Waals surface area contributed by atoms with Gasteiger partial charge in [-0.2, -0.15) is 0 Å². The lowest BCUT2D eigenvalue weighted by Crippen LogP contribution is -2.58. The van der Waals surface area contributed by atoms with Crippen molar-refractivity contribution >= 4 is 65.4 Å². The highest BCUT2D eigenvalue weighted by molar-refractivity contribution is 5.98. The molecule has 7 amide bonds. The highest BCUT2D eigenvalue weighted by Crippen LogP contribution is 2.07. The van der Waals surface area contributed by atoms with E-state index in [2.05, 4.69) is 58.0 Å². The molecule has 6 atom stereocenters. The lowest BCUT2D eigenvalue weighted by atomic mass is 10.1. The number of hydrogen-bond acceptors (Lipinski definition) is 18. The van der Waals surface area contributed by atoms with Gasteiger partial charge in [0.25, 0.3) is 0 Å². The fourth-order valence-electron chi connectivity index (χ4n) is 4.84. The molecule has 356 valence electrons. The number of nitrogens with one attached hydrogen (secondary N) is 7. The average molecular weight is 903 g/mol. The van der Waals surface area contributed by atoms with Crippen LogP contribution in [0.15, 0.2) is 12.7 Å². The van der Waals surface area contributed by atoms with Gasteiger partial charge in [-0.25, -0.2) is 9.59 Å². The molecule has 25 heteroatoms. The van der Waals surface area contributed by atoms with Crippen LogP contribution in [0, 0.1) is 0 Å². The molecule has 0 saturated heterocycles. The lowest BCUT2D eigenvalue weighted by molar-refractivity contribution is -0.148. The number of amides is 7. The van der Waals surface area contributed by atoms with Gasteiger partial charge >= 0.3 is 30.0 Å². The standard InChI is InChI=1S/C38H62N8O17/c1-10-16-62-36(56)23(13-14-28(48)59-7)44-35(55)26(20-58-6)43-27(47)19-41-33(53)24(17-29(49)60-8)45-31(51)21(2)42-34(54)25(18-30(50)61-9)46-32(52)22(39)12-11-15-40-37(57)63-38(3,4)5/h10,21-26H,1,11-20,39H2,2-9H3,(H,40,57)(H,41,53)(H,42,54)(H,43,47)(H,44,55)(H,45,51)(H,46,52). The van der Waals surface area contributed by atoms with Crippen LogP contribution < -0.4 is 43.0 Å². The van der Waals surface area contributed by atoms with E-state index in [4.69, 9.17) is 19.9 Å². The Morgan fingerprint density at radius 1 is 0.651 bits per heavy atom. The molecule has 0 aromatic heterocycles. The van der Waals surface area contributed by atoms with E-state index in [0.29, 0.717) is 0 Å². The van der Waals surface area contributed by atoms with E-state index >= 15 is 0 Å². The third kappa shape index (κ3) is 24.6. The molecule has 9 N–H and O–H groups in total. The quantitative estimate of drug-likeness (QED) is 0.0164. The minimum absolute atomic E-state index is 0.0518. The molecule has 0 fully saturated rings. The van der Waals surface area contributed by atoms with Gasteiger partial charge in [0.2, 0.25) is 35.4 Å². The van der Waals surface area contributed by atoms with Gasteiger partial charge in [-0.3, -0.25) is 43.2 Å². The van der Waals surface area contributed by atoms with Gasteiger partial charge in [-0.15, -0.1) is 0 Å². The molecule has 0 aromatic rings. The van der Waals surface area contributed by atoms with Crippen LogP contribution in [0.2, 0.25) is 0 Å². The molecule has 0 rings (SSSR count). The lowest BCUT2D eigenvalue weighted by Gasteiger charge is -2.24. The van der Waals surface area contributed by atoms with Gasteiger partial charge in [0, 0.05) is 20.1 Å². The fourth-order valence-corrected chi connectivity index (χ4v) is 4.84. The summed E-state index contributed by atoms with van der Waals surface area (Å²) in [6.07, 6.45) is -0.989. The number of hydrogen-bond donors (Lipinski definition) is 8. The van der Waals surface area contributed by atoms with Crippen molar-refractivity contribution < 1.29 is 81.2 Å². The Balaban J connectivity index is 5.67. The molecule has 0 aromatic carbocycles.